The third-order valence-electron chi connectivity index (χ3n) is 3.69. The van der Waals surface area contributed by atoms with E-state index in [4.69, 9.17) is 0 Å². The summed E-state index contributed by atoms with van der Waals surface area (Å²) in [5, 5.41) is 12.0. The first-order chi connectivity index (χ1) is 9.44. The molecule has 2 atom stereocenters. The van der Waals surface area contributed by atoms with Crippen molar-refractivity contribution < 1.29 is 23.1 Å². The zero-order valence-corrected chi connectivity index (χ0v) is 13.7. The predicted molar refractivity (Wildman–Crippen MR) is 78.8 cm³/mol. The summed E-state index contributed by atoms with van der Waals surface area (Å²) in [5.74, 6) is -1.21. The zero-order chi connectivity index (χ0) is 16.4. The van der Waals surface area contributed by atoms with Gasteiger partial charge in [-0.2, -0.15) is 0 Å². The van der Waals surface area contributed by atoms with Crippen LogP contribution in [-0.2, 0) is 14.6 Å². The lowest BCUT2D eigenvalue weighted by Gasteiger charge is -2.44. The summed E-state index contributed by atoms with van der Waals surface area (Å²) in [4.78, 5) is 25.0. The quantitative estimate of drug-likeness (QED) is 0.793. The van der Waals surface area contributed by atoms with E-state index >= 15 is 0 Å². The summed E-state index contributed by atoms with van der Waals surface area (Å²) < 4.78 is 22.4. The van der Waals surface area contributed by atoms with Crippen LogP contribution in [0.15, 0.2) is 0 Å². The molecule has 0 aromatic carbocycles. The van der Waals surface area contributed by atoms with Gasteiger partial charge in [0.1, 0.15) is 15.9 Å². The number of carbonyl (C=O) groups is 2. The molecular formula is C13H24N2O5S. The molecule has 1 saturated heterocycles. The van der Waals surface area contributed by atoms with E-state index < -0.39 is 39.3 Å². The number of sulfone groups is 1. The standard InChI is InChI=1S/C13H24N2O5S/c1-9(8-21(4,19)20)14-12(18)15-7-5-6-13(2,3)10(15)11(16)17/h9-10H,5-8H2,1-4H3,(H,14,18)(H,16,17). The fourth-order valence-electron chi connectivity index (χ4n) is 2.87. The molecule has 2 unspecified atom stereocenters. The van der Waals surface area contributed by atoms with Crippen LogP contribution in [0.4, 0.5) is 4.79 Å². The third-order valence-corrected chi connectivity index (χ3v) is 4.79. The molecular weight excluding hydrogens is 296 g/mol. The van der Waals surface area contributed by atoms with E-state index in [0.717, 1.165) is 19.1 Å². The maximum absolute atomic E-state index is 12.3. The average molecular weight is 320 g/mol. The summed E-state index contributed by atoms with van der Waals surface area (Å²) in [6, 6.07) is -1.99. The molecule has 0 aromatic heterocycles. The normalized spacial score (nSPS) is 23.4. The zero-order valence-electron chi connectivity index (χ0n) is 12.9. The van der Waals surface area contributed by atoms with Crippen LogP contribution in [0.25, 0.3) is 0 Å². The number of hydrogen-bond acceptors (Lipinski definition) is 4. The Labute approximate surface area is 125 Å². The van der Waals surface area contributed by atoms with Crippen LogP contribution in [0.1, 0.15) is 33.6 Å². The third kappa shape index (κ3) is 4.87. The molecule has 2 N–H and O–H groups in total. The molecule has 1 rings (SSSR count). The van der Waals surface area contributed by atoms with E-state index in [1.807, 2.05) is 13.8 Å². The maximum atomic E-state index is 12.3. The smallest absolute Gasteiger partial charge is 0.327 e. The van der Waals surface area contributed by atoms with Gasteiger partial charge in [-0.25, -0.2) is 18.0 Å². The van der Waals surface area contributed by atoms with Gasteiger partial charge in [0, 0.05) is 18.8 Å². The number of hydrogen-bond donors (Lipinski definition) is 2. The van der Waals surface area contributed by atoms with Gasteiger partial charge in [-0.3, -0.25) is 0 Å². The number of rotatable bonds is 4. The van der Waals surface area contributed by atoms with Crippen LogP contribution in [0.5, 0.6) is 0 Å². The van der Waals surface area contributed by atoms with Gasteiger partial charge in [0.05, 0.1) is 5.75 Å². The lowest BCUT2D eigenvalue weighted by atomic mass is 9.76. The molecule has 0 bridgehead atoms. The fraction of sp³-hybridized carbons (Fsp3) is 0.846. The van der Waals surface area contributed by atoms with Gasteiger partial charge in [-0.1, -0.05) is 13.8 Å². The van der Waals surface area contributed by atoms with Gasteiger partial charge in [0.2, 0.25) is 0 Å². The highest BCUT2D eigenvalue weighted by atomic mass is 32.2. The first-order valence-corrected chi connectivity index (χ1v) is 8.98. The highest BCUT2D eigenvalue weighted by Crippen LogP contribution is 2.35. The number of carboxylic acids is 1. The SMILES string of the molecule is CC(CS(C)(=O)=O)NC(=O)N1CCCC(C)(C)C1C(=O)O. The molecule has 0 aromatic rings. The molecule has 8 heteroatoms. The Hall–Kier alpha value is -1.31. The van der Waals surface area contributed by atoms with Crippen molar-refractivity contribution in [3.05, 3.63) is 0 Å². The van der Waals surface area contributed by atoms with E-state index in [1.165, 1.54) is 4.90 Å². The highest BCUT2D eigenvalue weighted by molar-refractivity contribution is 7.90. The van der Waals surface area contributed by atoms with Crippen LogP contribution < -0.4 is 5.32 Å². The van der Waals surface area contributed by atoms with Crippen molar-refractivity contribution >= 4 is 21.8 Å². The Morgan fingerprint density at radius 3 is 2.48 bits per heavy atom. The second-order valence-electron chi connectivity index (χ2n) is 6.47. The Kier molecular flexibility index (Phi) is 5.25. The number of carbonyl (C=O) groups excluding carboxylic acids is 1. The van der Waals surface area contributed by atoms with Gasteiger partial charge in [0.15, 0.2) is 0 Å². The van der Waals surface area contributed by atoms with Gasteiger partial charge in [0.25, 0.3) is 0 Å². The molecule has 0 radical (unpaired) electrons. The highest BCUT2D eigenvalue weighted by Gasteiger charge is 2.44. The summed E-state index contributed by atoms with van der Waals surface area (Å²) in [5.41, 5.74) is -0.512. The Balaban J connectivity index is 2.82. The fourth-order valence-corrected chi connectivity index (χ4v) is 3.86. The number of amides is 2. The minimum atomic E-state index is -3.20. The molecule has 7 nitrogen and oxygen atoms in total. The Morgan fingerprint density at radius 1 is 1.43 bits per heavy atom. The van der Waals surface area contributed by atoms with Crippen molar-refractivity contribution in [2.75, 3.05) is 18.6 Å². The molecule has 0 aliphatic carbocycles. The van der Waals surface area contributed by atoms with Gasteiger partial charge in [-0.15, -0.1) is 0 Å². The van der Waals surface area contributed by atoms with Gasteiger partial charge >= 0.3 is 12.0 Å². The largest absolute Gasteiger partial charge is 0.480 e. The van der Waals surface area contributed by atoms with Crippen molar-refractivity contribution in [3.8, 4) is 0 Å². The van der Waals surface area contributed by atoms with Crippen molar-refractivity contribution in [3.63, 3.8) is 0 Å². The lowest BCUT2D eigenvalue weighted by Crippen LogP contribution is -2.59. The molecule has 21 heavy (non-hydrogen) atoms. The number of nitrogens with zero attached hydrogens (tertiary/aromatic N) is 1. The second-order valence-corrected chi connectivity index (χ2v) is 8.65. The van der Waals surface area contributed by atoms with Gasteiger partial charge in [-0.05, 0) is 25.2 Å². The number of aliphatic carboxylic acids is 1. The molecule has 1 fully saturated rings. The van der Waals surface area contributed by atoms with Crippen LogP contribution in [0.2, 0.25) is 0 Å². The van der Waals surface area contributed by atoms with E-state index in [9.17, 15) is 23.1 Å². The van der Waals surface area contributed by atoms with Crippen molar-refractivity contribution in [2.24, 2.45) is 5.41 Å². The van der Waals surface area contributed by atoms with Gasteiger partial charge < -0.3 is 15.3 Å². The molecule has 122 valence electrons. The summed E-state index contributed by atoms with van der Waals surface area (Å²) in [7, 11) is -3.20. The summed E-state index contributed by atoms with van der Waals surface area (Å²) in [6.45, 7) is 5.60. The number of nitrogens with one attached hydrogen (secondary N) is 1. The lowest BCUT2D eigenvalue weighted by molar-refractivity contribution is -0.148. The van der Waals surface area contributed by atoms with Crippen LogP contribution in [0, 0.1) is 5.41 Å². The number of likely N-dealkylation sites (tertiary alicyclic amines) is 1. The molecule has 1 aliphatic rings. The minimum Gasteiger partial charge on any atom is -0.480 e. The predicted octanol–water partition coefficient (Wildman–Crippen LogP) is 0.704. The number of piperidine rings is 1. The summed E-state index contributed by atoms with van der Waals surface area (Å²) in [6.07, 6.45) is 2.55. The van der Waals surface area contributed by atoms with Crippen LogP contribution in [0.3, 0.4) is 0 Å². The van der Waals surface area contributed by atoms with Crippen molar-refractivity contribution in [1.82, 2.24) is 10.2 Å². The first-order valence-electron chi connectivity index (χ1n) is 6.92. The van der Waals surface area contributed by atoms with Crippen LogP contribution in [-0.4, -0.2) is 61.1 Å². The topological polar surface area (TPSA) is 104 Å². The molecule has 0 spiro atoms. The minimum absolute atomic E-state index is 0.173. The summed E-state index contributed by atoms with van der Waals surface area (Å²) >= 11 is 0. The maximum Gasteiger partial charge on any atom is 0.327 e. The van der Waals surface area contributed by atoms with E-state index in [2.05, 4.69) is 5.32 Å². The van der Waals surface area contributed by atoms with E-state index in [1.54, 1.807) is 6.92 Å². The first kappa shape index (κ1) is 17.7. The molecule has 2 amide bonds. The Bertz CT molecular complexity index is 515. The second kappa shape index (κ2) is 6.21. The van der Waals surface area contributed by atoms with E-state index in [0.29, 0.717) is 6.54 Å². The molecule has 1 aliphatic heterocycles. The average Bonchev–Trinajstić information content (AvgIpc) is 2.23. The number of urea groups is 1. The molecule has 0 saturated carbocycles. The van der Waals surface area contributed by atoms with Crippen LogP contribution >= 0.6 is 0 Å². The monoisotopic (exact) mass is 320 g/mol. The van der Waals surface area contributed by atoms with Crippen molar-refractivity contribution in [2.45, 2.75) is 45.7 Å². The molecule has 1 heterocycles. The number of carboxylic acid groups (broad SMARTS) is 1. The van der Waals surface area contributed by atoms with E-state index in [-0.39, 0.29) is 5.75 Å². The van der Waals surface area contributed by atoms with Crippen molar-refractivity contribution in [1.29, 1.82) is 0 Å². The Morgan fingerprint density at radius 2 is 2.00 bits per heavy atom.